The van der Waals surface area contributed by atoms with Crippen molar-refractivity contribution in [3.05, 3.63) is 57.0 Å². The summed E-state index contributed by atoms with van der Waals surface area (Å²) in [5.41, 5.74) is 1.78. The number of hydrogen-bond donors (Lipinski definition) is 0. The molecular formula is C22H30N4O2S. The van der Waals surface area contributed by atoms with Crippen LogP contribution in [-0.4, -0.2) is 32.6 Å². The maximum Gasteiger partial charge on any atom is 0.275 e. The van der Waals surface area contributed by atoms with Gasteiger partial charge < -0.3 is 4.74 Å². The van der Waals surface area contributed by atoms with Crippen LogP contribution < -0.4 is 10.3 Å². The lowest BCUT2D eigenvalue weighted by molar-refractivity contribution is 0.254. The molecule has 0 saturated heterocycles. The Morgan fingerprint density at radius 2 is 1.86 bits per heavy atom. The minimum atomic E-state index is -0.116. The van der Waals surface area contributed by atoms with Crippen LogP contribution in [0, 0.1) is 0 Å². The Labute approximate surface area is 176 Å². The molecule has 156 valence electrons. The first kappa shape index (κ1) is 21.5. The predicted molar refractivity (Wildman–Crippen MR) is 118 cm³/mol. The summed E-state index contributed by atoms with van der Waals surface area (Å²) >= 11 is 1.49. The smallest absolute Gasteiger partial charge is 0.275 e. The molecule has 3 aromatic rings. The second kappa shape index (κ2) is 9.05. The van der Waals surface area contributed by atoms with E-state index < -0.39 is 0 Å². The van der Waals surface area contributed by atoms with E-state index in [0.717, 1.165) is 36.0 Å². The number of rotatable bonds is 8. The zero-order valence-electron chi connectivity index (χ0n) is 17.9. The van der Waals surface area contributed by atoms with E-state index in [1.807, 2.05) is 19.1 Å². The molecule has 1 aromatic carbocycles. The van der Waals surface area contributed by atoms with Crippen LogP contribution >= 0.6 is 11.3 Å². The third-order valence-corrected chi connectivity index (χ3v) is 5.84. The summed E-state index contributed by atoms with van der Waals surface area (Å²) in [7, 11) is 0. The van der Waals surface area contributed by atoms with E-state index in [1.54, 1.807) is 6.07 Å². The normalized spacial score (nSPS) is 12.1. The third-order valence-electron chi connectivity index (χ3n) is 4.51. The molecule has 0 aliphatic carbocycles. The van der Waals surface area contributed by atoms with E-state index in [-0.39, 0.29) is 11.0 Å². The highest BCUT2D eigenvalue weighted by Gasteiger charge is 2.21. The van der Waals surface area contributed by atoms with Crippen LogP contribution in [0.3, 0.4) is 0 Å². The van der Waals surface area contributed by atoms with Crippen LogP contribution in [0.1, 0.15) is 57.3 Å². The van der Waals surface area contributed by atoms with Crippen molar-refractivity contribution in [2.24, 2.45) is 0 Å². The van der Waals surface area contributed by atoms with E-state index >= 15 is 0 Å². The number of hydrogen-bond acceptors (Lipinski definition) is 6. The first-order valence-corrected chi connectivity index (χ1v) is 11.0. The van der Waals surface area contributed by atoms with Gasteiger partial charge in [0.2, 0.25) is 4.96 Å². The molecular weight excluding hydrogens is 384 g/mol. The molecule has 0 amide bonds. The Bertz CT molecular complexity index is 1000. The molecule has 0 aliphatic heterocycles. The predicted octanol–water partition coefficient (Wildman–Crippen LogP) is 4.26. The van der Waals surface area contributed by atoms with Gasteiger partial charge in [-0.2, -0.15) is 9.61 Å². The second-order valence-electron chi connectivity index (χ2n) is 8.22. The molecule has 0 unspecified atom stereocenters. The fourth-order valence-corrected chi connectivity index (χ4v) is 4.10. The molecule has 2 aromatic heterocycles. The number of nitrogens with zero attached hydrogens (tertiary/aromatic N) is 4. The average molecular weight is 415 g/mol. The first-order valence-electron chi connectivity index (χ1n) is 10.1. The van der Waals surface area contributed by atoms with Gasteiger partial charge in [0.25, 0.3) is 5.56 Å². The standard InChI is InChI=1S/C22H30N4O2S/c1-6-12-25(14-16-8-10-18(11-9-16)28-7-2)15-17-13-19(27)26-21(23-17)29-20(24-26)22(3,4)5/h8-11,13H,6-7,12,14-15H2,1-5H3. The first-order chi connectivity index (χ1) is 13.8. The van der Waals surface area contributed by atoms with Gasteiger partial charge in [-0.3, -0.25) is 9.69 Å². The Balaban J connectivity index is 1.80. The van der Waals surface area contributed by atoms with Crippen molar-refractivity contribution in [2.75, 3.05) is 13.2 Å². The van der Waals surface area contributed by atoms with Crippen LogP contribution in [-0.2, 0) is 18.5 Å². The van der Waals surface area contributed by atoms with Crippen molar-refractivity contribution < 1.29 is 4.74 Å². The molecule has 0 atom stereocenters. The molecule has 6 nitrogen and oxygen atoms in total. The van der Waals surface area contributed by atoms with Crippen LogP contribution in [0.25, 0.3) is 4.96 Å². The Morgan fingerprint density at radius 3 is 2.48 bits per heavy atom. The Morgan fingerprint density at radius 1 is 1.14 bits per heavy atom. The van der Waals surface area contributed by atoms with Crippen molar-refractivity contribution >= 4 is 16.3 Å². The topological polar surface area (TPSA) is 59.7 Å². The summed E-state index contributed by atoms with van der Waals surface area (Å²) in [4.78, 5) is 20.3. The van der Waals surface area contributed by atoms with Crippen LogP contribution in [0.5, 0.6) is 5.75 Å². The average Bonchev–Trinajstić information content (AvgIpc) is 3.09. The van der Waals surface area contributed by atoms with E-state index in [2.05, 4.69) is 49.8 Å². The molecule has 0 fully saturated rings. The highest BCUT2D eigenvalue weighted by atomic mass is 32.1. The molecule has 0 saturated carbocycles. The summed E-state index contributed by atoms with van der Waals surface area (Å²) in [5.74, 6) is 0.887. The minimum Gasteiger partial charge on any atom is -0.494 e. The zero-order valence-corrected chi connectivity index (χ0v) is 18.8. The van der Waals surface area contributed by atoms with E-state index in [1.165, 1.54) is 21.4 Å². The maximum absolute atomic E-state index is 12.6. The zero-order chi connectivity index (χ0) is 21.0. The van der Waals surface area contributed by atoms with Crippen molar-refractivity contribution in [1.29, 1.82) is 0 Å². The molecule has 3 rings (SSSR count). The van der Waals surface area contributed by atoms with E-state index in [9.17, 15) is 4.79 Å². The second-order valence-corrected chi connectivity index (χ2v) is 9.18. The highest BCUT2D eigenvalue weighted by Crippen LogP contribution is 2.26. The third kappa shape index (κ3) is 5.42. The van der Waals surface area contributed by atoms with E-state index in [4.69, 9.17) is 9.72 Å². The number of benzene rings is 1. The lowest BCUT2D eigenvalue weighted by Gasteiger charge is -2.21. The number of ether oxygens (including phenoxy) is 1. The summed E-state index contributed by atoms with van der Waals surface area (Å²) in [6, 6.07) is 9.81. The fraction of sp³-hybridized carbons (Fsp3) is 0.500. The van der Waals surface area contributed by atoms with Crippen LogP contribution in [0.2, 0.25) is 0 Å². The molecule has 0 aliphatic rings. The Hall–Kier alpha value is -2.25. The SMILES string of the molecule is CCCN(Cc1ccc(OCC)cc1)Cc1cc(=O)n2nc(C(C)(C)C)sc2n1. The summed E-state index contributed by atoms with van der Waals surface area (Å²) in [6.45, 7) is 13.5. The molecule has 0 radical (unpaired) electrons. The maximum atomic E-state index is 12.6. The number of aromatic nitrogens is 3. The molecule has 2 heterocycles. The van der Waals surface area contributed by atoms with Gasteiger partial charge in [0, 0.05) is 24.6 Å². The van der Waals surface area contributed by atoms with Crippen molar-refractivity contribution in [1.82, 2.24) is 19.5 Å². The van der Waals surface area contributed by atoms with Crippen LogP contribution in [0.15, 0.2) is 35.1 Å². The summed E-state index contributed by atoms with van der Waals surface area (Å²) in [5, 5.41) is 5.38. The van der Waals surface area contributed by atoms with Gasteiger partial charge in [-0.1, -0.05) is 51.2 Å². The lowest BCUT2D eigenvalue weighted by atomic mass is 9.98. The van der Waals surface area contributed by atoms with Gasteiger partial charge in [-0.05, 0) is 37.6 Å². The monoisotopic (exact) mass is 414 g/mol. The van der Waals surface area contributed by atoms with Crippen molar-refractivity contribution in [2.45, 2.75) is 59.5 Å². The summed E-state index contributed by atoms with van der Waals surface area (Å²) < 4.78 is 6.95. The molecule has 0 spiro atoms. The van der Waals surface area contributed by atoms with Gasteiger partial charge in [-0.15, -0.1) is 0 Å². The van der Waals surface area contributed by atoms with Crippen LogP contribution in [0.4, 0.5) is 0 Å². The molecule has 29 heavy (non-hydrogen) atoms. The molecule has 7 heteroatoms. The Kier molecular flexibility index (Phi) is 6.70. The van der Waals surface area contributed by atoms with E-state index in [0.29, 0.717) is 18.1 Å². The highest BCUT2D eigenvalue weighted by molar-refractivity contribution is 7.16. The van der Waals surface area contributed by atoms with Gasteiger partial charge in [0.15, 0.2) is 0 Å². The van der Waals surface area contributed by atoms with Gasteiger partial charge >= 0.3 is 0 Å². The fourth-order valence-electron chi connectivity index (χ4n) is 3.12. The van der Waals surface area contributed by atoms with Gasteiger partial charge in [0.1, 0.15) is 10.8 Å². The summed E-state index contributed by atoms with van der Waals surface area (Å²) in [6.07, 6.45) is 1.03. The molecule has 0 bridgehead atoms. The van der Waals surface area contributed by atoms with Gasteiger partial charge in [0.05, 0.1) is 12.3 Å². The van der Waals surface area contributed by atoms with Crippen molar-refractivity contribution in [3.63, 3.8) is 0 Å². The van der Waals surface area contributed by atoms with Gasteiger partial charge in [-0.25, -0.2) is 4.98 Å². The van der Waals surface area contributed by atoms with Crippen molar-refractivity contribution in [3.8, 4) is 5.75 Å². The largest absolute Gasteiger partial charge is 0.494 e. The lowest BCUT2D eigenvalue weighted by Crippen LogP contribution is -2.26. The number of fused-ring (bicyclic) bond motifs is 1. The minimum absolute atomic E-state index is 0.104. The molecule has 0 N–H and O–H groups in total. The quantitative estimate of drug-likeness (QED) is 0.551.